The van der Waals surface area contributed by atoms with Gasteiger partial charge in [-0.1, -0.05) is 20.8 Å². The lowest BCUT2D eigenvalue weighted by atomic mass is 9.84. The van der Waals surface area contributed by atoms with Crippen molar-refractivity contribution in [3.63, 3.8) is 0 Å². The molecule has 2 amide bonds. The topological polar surface area (TPSA) is 81.7 Å². The molecular weight excluding hydrogens is 270 g/mol. The Balaban J connectivity index is 4.30. The molecule has 1 unspecified atom stereocenters. The van der Waals surface area contributed by atoms with Gasteiger partial charge in [-0.25, -0.2) is 4.79 Å². The number of hydrogen-bond acceptors (Lipinski definition) is 3. The van der Waals surface area contributed by atoms with Gasteiger partial charge in [0, 0.05) is 18.6 Å². The van der Waals surface area contributed by atoms with Crippen LogP contribution in [0.3, 0.4) is 0 Å². The van der Waals surface area contributed by atoms with Crippen LogP contribution in [0, 0.1) is 11.3 Å². The molecule has 0 bridgehead atoms. The third-order valence-corrected chi connectivity index (χ3v) is 3.61. The van der Waals surface area contributed by atoms with Crippen molar-refractivity contribution in [2.75, 3.05) is 27.2 Å². The number of aliphatic carboxylic acids is 1. The Bertz CT molecular complexity index is 360. The van der Waals surface area contributed by atoms with Gasteiger partial charge in [0.05, 0.1) is 5.92 Å². The van der Waals surface area contributed by atoms with Crippen LogP contribution in [-0.4, -0.2) is 54.7 Å². The largest absolute Gasteiger partial charge is 0.481 e. The number of nitrogens with zero attached hydrogens (tertiary/aromatic N) is 1. The first-order chi connectivity index (χ1) is 9.35. The Hall–Kier alpha value is -1.30. The second-order valence-corrected chi connectivity index (χ2v) is 7.57. The lowest BCUT2D eigenvalue weighted by molar-refractivity contribution is -0.142. The summed E-state index contributed by atoms with van der Waals surface area (Å²) in [6.07, 6.45) is 0.520. The van der Waals surface area contributed by atoms with Gasteiger partial charge in [0.2, 0.25) is 0 Å². The van der Waals surface area contributed by atoms with E-state index in [1.54, 1.807) is 0 Å². The van der Waals surface area contributed by atoms with Crippen molar-refractivity contribution < 1.29 is 14.7 Å². The first-order valence-corrected chi connectivity index (χ1v) is 7.27. The van der Waals surface area contributed by atoms with Crippen molar-refractivity contribution in [1.29, 1.82) is 0 Å². The standard InChI is InChI=1S/C15H31N3O3/c1-14(2,3)8-11(12(19)20)9-16-13(21)17-10-15(4,5)18(6)7/h11H,8-10H2,1-7H3,(H,19,20)(H2,16,17,21). The van der Waals surface area contributed by atoms with Crippen molar-refractivity contribution in [3.8, 4) is 0 Å². The monoisotopic (exact) mass is 301 g/mol. The number of carbonyl (C=O) groups excluding carboxylic acids is 1. The van der Waals surface area contributed by atoms with Crippen LogP contribution in [-0.2, 0) is 4.79 Å². The number of carboxylic acids is 1. The number of carboxylic acid groups (broad SMARTS) is 1. The minimum absolute atomic E-state index is 0.0892. The van der Waals surface area contributed by atoms with Crippen molar-refractivity contribution in [2.45, 2.75) is 46.6 Å². The van der Waals surface area contributed by atoms with Crippen LogP contribution in [0.1, 0.15) is 41.0 Å². The number of nitrogens with one attached hydrogen (secondary N) is 2. The van der Waals surface area contributed by atoms with Crippen molar-refractivity contribution in [1.82, 2.24) is 15.5 Å². The van der Waals surface area contributed by atoms with Crippen LogP contribution < -0.4 is 10.6 Å². The Kier molecular flexibility index (Phi) is 7.16. The molecule has 0 aliphatic rings. The van der Waals surface area contributed by atoms with Gasteiger partial charge >= 0.3 is 12.0 Å². The van der Waals surface area contributed by atoms with E-state index < -0.39 is 11.9 Å². The van der Waals surface area contributed by atoms with Gasteiger partial charge in [-0.15, -0.1) is 0 Å². The van der Waals surface area contributed by atoms with Crippen LogP contribution in [0.25, 0.3) is 0 Å². The molecule has 0 aromatic heterocycles. The third kappa shape index (κ3) is 8.55. The Labute approximate surface area is 128 Å². The van der Waals surface area contributed by atoms with Gasteiger partial charge in [-0.3, -0.25) is 4.79 Å². The highest BCUT2D eigenvalue weighted by Gasteiger charge is 2.25. The van der Waals surface area contributed by atoms with E-state index in [1.807, 2.05) is 53.6 Å². The van der Waals surface area contributed by atoms with Crippen molar-refractivity contribution in [2.24, 2.45) is 11.3 Å². The highest BCUT2D eigenvalue weighted by Crippen LogP contribution is 2.24. The molecule has 0 aliphatic heterocycles. The Morgan fingerprint density at radius 1 is 1.10 bits per heavy atom. The average Bonchev–Trinajstić information content (AvgIpc) is 2.30. The number of urea groups is 1. The van der Waals surface area contributed by atoms with Gasteiger partial charge in [-0.05, 0) is 39.8 Å². The first-order valence-electron chi connectivity index (χ1n) is 7.27. The minimum atomic E-state index is -0.876. The van der Waals surface area contributed by atoms with Gasteiger partial charge in [-0.2, -0.15) is 0 Å². The van der Waals surface area contributed by atoms with Gasteiger partial charge in [0.15, 0.2) is 0 Å². The molecule has 6 heteroatoms. The lowest BCUT2D eigenvalue weighted by Gasteiger charge is -2.32. The summed E-state index contributed by atoms with van der Waals surface area (Å²) in [5, 5.41) is 14.6. The fourth-order valence-corrected chi connectivity index (χ4v) is 1.72. The highest BCUT2D eigenvalue weighted by molar-refractivity contribution is 5.75. The van der Waals surface area contributed by atoms with Crippen LogP contribution in [0.4, 0.5) is 4.79 Å². The zero-order chi connectivity index (χ0) is 16.8. The fraction of sp³-hybridized carbons (Fsp3) is 0.867. The van der Waals surface area contributed by atoms with E-state index in [4.69, 9.17) is 0 Å². The van der Waals surface area contributed by atoms with E-state index in [2.05, 4.69) is 10.6 Å². The van der Waals surface area contributed by atoms with Gasteiger partial charge < -0.3 is 20.6 Å². The molecule has 0 aromatic carbocycles. The minimum Gasteiger partial charge on any atom is -0.481 e. The Morgan fingerprint density at radius 3 is 2.00 bits per heavy atom. The molecule has 3 N–H and O–H groups in total. The molecule has 124 valence electrons. The van der Waals surface area contributed by atoms with E-state index in [-0.39, 0.29) is 23.5 Å². The van der Waals surface area contributed by atoms with Crippen LogP contribution >= 0.6 is 0 Å². The number of likely N-dealkylation sites (N-methyl/N-ethyl adjacent to an activating group) is 1. The summed E-state index contributed by atoms with van der Waals surface area (Å²) in [6, 6.07) is -0.329. The van der Waals surface area contributed by atoms with E-state index in [0.29, 0.717) is 13.0 Å². The summed E-state index contributed by atoms with van der Waals surface area (Å²) in [5.41, 5.74) is -0.247. The molecular formula is C15H31N3O3. The summed E-state index contributed by atoms with van der Waals surface area (Å²) in [6.45, 7) is 10.6. The Morgan fingerprint density at radius 2 is 1.62 bits per heavy atom. The number of hydrogen-bond donors (Lipinski definition) is 3. The van der Waals surface area contributed by atoms with Crippen LogP contribution in [0.15, 0.2) is 0 Å². The summed E-state index contributed by atoms with van der Waals surface area (Å²) in [5.74, 6) is -1.45. The number of carbonyl (C=O) groups is 2. The number of rotatable bonds is 7. The summed E-state index contributed by atoms with van der Waals surface area (Å²) in [7, 11) is 3.90. The molecule has 1 atom stereocenters. The predicted molar refractivity (Wildman–Crippen MR) is 84.4 cm³/mol. The summed E-state index contributed by atoms with van der Waals surface area (Å²) < 4.78 is 0. The molecule has 0 heterocycles. The second-order valence-electron chi connectivity index (χ2n) is 7.57. The van der Waals surface area contributed by atoms with Gasteiger partial charge in [0.25, 0.3) is 0 Å². The molecule has 0 saturated heterocycles. The average molecular weight is 301 g/mol. The van der Waals surface area contributed by atoms with Gasteiger partial charge in [0.1, 0.15) is 0 Å². The SMILES string of the molecule is CN(C)C(C)(C)CNC(=O)NCC(CC(C)(C)C)C(=O)O. The quantitative estimate of drug-likeness (QED) is 0.669. The van der Waals surface area contributed by atoms with Crippen LogP contribution in [0.5, 0.6) is 0 Å². The second kappa shape index (κ2) is 7.64. The van der Waals surface area contributed by atoms with Crippen LogP contribution in [0.2, 0.25) is 0 Å². The van der Waals surface area contributed by atoms with Crippen molar-refractivity contribution >= 4 is 12.0 Å². The fourth-order valence-electron chi connectivity index (χ4n) is 1.72. The summed E-state index contributed by atoms with van der Waals surface area (Å²) in [4.78, 5) is 25.0. The van der Waals surface area contributed by atoms with E-state index >= 15 is 0 Å². The smallest absolute Gasteiger partial charge is 0.314 e. The first kappa shape index (κ1) is 19.7. The van der Waals surface area contributed by atoms with E-state index in [0.717, 1.165) is 0 Å². The van der Waals surface area contributed by atoms with E-state index in [9.17, 15) is 14.7 Å². The molecule has 0 fully saturated rings. The highest BCUT2D eigenvalue weighted by atomic mass is 16.4. The third-order valence-electron chi connectivity index (χ3n) is 3.61. The molecule has 21 heavy (non-hydrogen) atoms. The molecule has 0 radical (unpaired) electrons. The predicted octanol–water partition coefficient (Wildman–Crippen LogP) is 1.76. The molecule has 6 nitrogen and oxygen atoms in total. The maximum atomic E-state index is 11.8. The van der Waals surface area contributed by atoms with Crippen molar-refractivity contribution in [3.05, 3.63) is 0 Å². The lowest BCUT2D eigenvalue weighted by Crippen LogP contribution is -2.51. The molecule has 0 saturated carbocycles. The zero-order valence-electron chi connectivity index (χ0n) is 14.4. The molecule has 0 spiro atoms. The number of amides is 2. The maximum absolute atomic E-state index is 11.8. The van der Waals surface area contributed by atoms with E-state index in [1.165, 1.54) is 0 Å². The molecule has 0 aliphatic carbocycles. The zero-order valence-corrected chi connectivity index (χ0v) is 14.4. The molecule has 0 rings (SSSR count). The molecule has 0 aromatic rings. The summed E-state index contributed by atoms with van der Waals surface area (Å²) >= 11 is 0. The normalized spacial score (nSPS) is 13.9. The maximum Gasteiger partial charge on any atom is 0.314 e.